The fourth-order valence-corrected chi connectivity index (χ4v) is 2.02. The van der Waals surface area contributed by atoms with Crippen molar-refractivity contribution in [1.82, 2.24) is 5.32 Å². The number of hydrogen-bond acceptors (Lipinski definition) is 3. The minimum Gasteiger partial charge on any atom is -0.393 e. The number of aliphatic hydroxyl groups is 1. The molecule has 1 amide bonds. The Morgan fingerprint density at radius 2 is 2.21 bits per heavy atom. The molecule has 2 unspecified atom stereocenters. The molecule has 2 aliphatic rings. The van der Waals surface area contributed by atoms with Gasteiger partial charge in [-0.25, -0.2) is 0 Å². The van der Waals surface area contributed by atoms with Gasteiger partial charge in [0, 0.05) is 12.6 Å². The predicted molar refractivity (Wildman–Crippen MR) is 50.7 cm³/mol. The molecule has 0 spiro atoms. The van der Waals surface area contributed by atoms with Crippen molar-refractivity contribution in [2.75, 3.05) is 6.61 Å². The second kappa shape index (κ2) is 3.87. The summed E-state index contributed by atoms with van der Waals surface area (Å²) < 4.78 is 5.35. The zero-order chi connectivity index (χ0) is 10.1. The van der Waals surface area contributed by atoms with E-state index in [2.05, 4.69) is 5.32 Å². The Bertz CT molecular complexity index is 225. The number of aliphatic hydroxyl groups excluding tert-OH is 1. The lowest BCUT2D eigenvalue weighted by atomic mass is 9.89. The largest absolute Gasteiger partial charge is 0.393 e. The quantitative estimate of drug-likeness (QED) is 0.660. The molecule has 4 heteroatoms. The molecular weight excluding hydrogens is 182 g/mol. The number of ether oxygens (including phenoxy) is 1. The summed E-state index contributed by atoms with van der Waals surface area (Å²) in [4.78, 5) is 11.6. The number of hydrogen-bond donors (Lipinski definition) is 2. The lowest BCUT2D eigenvalue weighted by Crippen LogP contribution is -2.50. The summed E-state index contributed by atoms with van der Waals surface area (Å²) in [5.74, 6) is 0.312. The maximum atomic E-state index is 11.6. The van der Waals surface area contributed by atoms with Crippen molar-refractivity contribution in [1.29, 1.82) is 0 Å². The van der Waals surface area contributed by atoms with E-state index in [1.165, 1.54) is 0 Å². The van der Waals surface area contributed by atoms with E-state index in [0.29, 0.717) is 25.4 Å². The third kappa shape index (κ3) is 1.91. The second-order valence-electron chi connectivity index (χ2n) is 4.39. The van der Waals surface area contributed by atoms with Gasteiger partial charge in [0.25, 0.3) is 0 Å². The molecule has 2 atom stereocenters. The van der Waals surface area contributed by atoms with Gasteiger partial charge in [-0.05, 0) is 25.2 Å². The average Bonchev–Trinajstić information content (AvgIpc) is 2.48. The number of carbonyl (C=O) groups is 1. The molecule has 2 N–H and O–H groups in total. The first-order valence-corrected chi connectivity index (χ1v) is 5.27. The van der Waals surface area contributed by atoms with Crippen molar-refractivity contribution in [3.05, 3.63) is 0 Å². The van der Waals surface area contributed by atoms with E-state index in [9.17, 15) is 4.79 Å². The number of rotatable bonds is 2. The van der Waals surface area contributed by atoms with Crippen LogP contribution in [0.1, 0.15) is 26.2 Å². The van der Waals surface area contributed by atoms with Gasteiger partial charge in [0.2, 0.25) is 5.91 Å². The summed E-state index contributed by atoms with van der Waals surface area (Å²) in [7, 11) is 0. The van der Waals surface area contributed by atoms with Crippen molar-refractivity contribution in [2.45, 2.75) is 44.4 Å². The monoisotopic (exact) mass is 199 g/mol. The van der Waals surface area contributed by atoms with Crippen LogP contribution in [0.5, 0.6) is 0 Å². The molecule has 14 heavy (non-hydrogen) atoms. The van der Waals surface area contributed by atoms with Crippen LogP contribution < -0.4 is 5.32 Å². The van der Waals surface area contributed by atoms with E-state index in [0.717, 1.165) is 6.42 Å². The first-order chi connectivity index (χ1) is 6.66. The summed E-state index contributed by atoms with van der Waals surface area (Å²) >= 11 is 0. The standard InChI is InChI=1S/C10H17NO3/c1-6-2-3-14-9(6)10(13)11-7-4-8(12)5-7/h6-9,12H,2-5H2,1H3,(H,11,13). The van der Waals surface area contributed by atoms with Gasteiger partial charge in [0.1, 0.15) is 6.10 Å². The van der Waals surface area contributed by atoms with Gasteiger partial charge in [-0.15, -0.1) is 0 Å². The van der Waals surface area contributed by atoms with Gasteiger partial charge in [0.15, 0.2) is 0 Å². The van der Waals surface area contributed by atoms with Crippen LogP contribution in [0.25, 0.3) is 0 Å². The Morgan fingerprint density at radius 1 is 1.50 bits per heavy atom. The highest BCUT2D eigenvalue weighted by Gasteiger charge is 2.35. The summed E-state index contributed by atoms with van der Waals surface area (Å²) in [6.07, 6.45) is 1.85. The molecule has 1 saturated carbocycles. The molecule has 1 aliphatic heterocycles. The Morgan fingerprint density at radius 3 is 2.71 bits per heavy atom. The Kier molecular flexibility index (Phi) is 2.74. The fraction of sp³-hybridized carbons (Fsp3) is 0.900. The van der Waals surface area contributed by atoms with Crippen LogP contribution in [0, 0.1) is 5.92 Å². The number of amides is 1. The predicted octanol–water partition coefficient (Wildman–Crippen LogP) is 0.0509. The van der Waals surface area contributed by atoms with Crippen LogP contribution in [0.2, 0.25) is 0 Å². The van der Waals surface area contributed by atoms with Crippen molar-refractivity contribution in [3.63, 3.8) is 0 Å². The third-order valence-electron chi connectivity index (χ3n) is 3.11. The van der Waals surface area contributed by atoms with E-state index in [1.807, 2.05) is 6.92 Å². The fourth-order valence-electron chi connectivity index (χ4n) is 2.02. The van der Waals surface area contributed by atoms with E-state index >= 15 is 0 Å². The van der Waals surface area contributed by atoms with Crippen molar-refractivity contribution >= 4 is 5.91 Å². The van der Waals surface area contributed by atoms with Crippen molar-refractivity contribution in [2.24, 2.45) is 5.92 Å². The molecule has 0 aromatic carbocycles. The molecule has 4 nitrogen and oxygen atoms in total. The molecule has 1 aliphatic carbocycles. The molecule has 2 fully saturated rings. The highest BCUT2D eigenvalue weighted by molar-refractivity contribution is 5.81. The summed E-state index contributed by atoms with van der Waals surface area (Å²) in [6.45, 7) is 2.72. The van der Waals surface area contributed by atoms with Crippen LogP contribution >= 0.6 is 0 Å². The molecule has 0 aromatic heterocycles. The van der Waals surface area contributed by atoms with E-state index in [4.69, 9.17) is 9.84 Å². The highest BCUT2D eigenvalue weighted by atomic mass is 16.5. The molecule has 80 valence electrons. The van der Waals surface area contributed by atoms with Gasteiger partial charge in [-0.3, -0.25) is 4.79 Å². The molecule has 2 rings (SSSR count). The summed E-state index contributed by atoms with van der Waals surface area (Å²) in [6, 6.07) is 0.161. The maximum Gasteiger partial charge on any atom is 0.249 e. The van der Waals surface area contributed by atoms with Crippen LogP contribution in [0.15, 0.2) is 0 Å². The Labute approximate surface area is 83.6 Å². The summed E-state index contributed by atoms with van der Waals surface area (Å²) in [5, 5.41) is 12.0. The zero-order valence-corrected chi connectivity index (χ0v) is 8.40. The smallest absolute Gasteiger partial charge is 0.249 e. The number of carbonyl (C=O) groups excluding carboxylic acids is 1. The van der Waals surface area contributed by atoms with Gasteiger partial charge < -0.3 is 15.2 Å². The summed E-state index contributed by atoms with van der Waals surface area (Å²) in [5.41, 5.74) is 0. The van der Waals surface area contributed by atoms with Crippen LogP contribution in [-0.4, -0.2) is 35.9 Å². The van der Waals surface area contributed by atoms with E-state index in [-0.39, 0.29) is 24.2 Å². The second-order valence-corrected chi connectivity index (χ2v) is 4.39. The highest BCUT2D eigenvalue weighted by Crippen LogP contribution is 2.23. The molecule has 0 aromatic rings. The number of nitrogens with one attached hydrogen (secondary N) is 1. The topological polar surface area (TPSA) is 58.6 Å². The zero-order valence-electron chi connectivity index (χ0n) is 8.40. The Balaban J connectivity index is 1.78. The van der Waals surface area contributed by atoms with Crippen LogP contribution in [0.3, 0.4) is 0 Å². The van der Waals surface area contributed by atoms with E-state index < -0.39 is 0 Å². The average molecular weight is 199 g/mol. The molecular formula is C10H17NO3. The first-order valence-electron chi connectivity index (χ1n) is 5.27. The van der Waals surface area contributed by atoms with Crippen molar-refractivity contribution < 1.29 is 14.6 Å². The minimum absolute atomic E-state index is 0.00750. The Hall–Kier alpha value is -0.610. The minimum atomic E-state index is -0.271. The van der Waals surface area contributed by atoms with Crippen LogP contribution in [-0.2, 0) is 9.53 Å². The molecule has 0 bridgehead atoms. The van der Waals surface area contributed by atoms with Gasteiger partial charge in [-0.2, -0.15) is 0 Å². The van der Waals surface area contributed by atoms with Crippen molar-refractivity contribution in [3.8, 4) is 0 Å². The van der Waals surface area contributed by atoms with Gasteiger partial charge in [0.05, 0.1) is 6.10 Å². The molecule has 1 heterocycles. The van der Waals surface area contributed by atoms with Gasteiger partial charge in [-0.1, -0.05) is 6.92 Å². The first kappa shape index (κ1) is 9.93. The maximum absolute atomic E-state index is 11.6. The SMILES string of the molecule is CC1CCOC1C(=O)NC1CC(O)C1. The van der Waals surface area contributed by atoms with Gasteiger partial charge >= 0.3 is 0 Å². The third-order valence-corrected chi connectivity index (χ3v) is 3.11. The lowest BCUT2D eigenvalue weighted by molar-refractivity contribution is -0.133. The normalized spacial score (nSPS) is 41.9. The lowest BCUT2D eigenvalue weighted by Gasteiger charge is -2.33. The van der Waals surface area contributed by atoms with E-state index in [1.54, 1.807) is 0 Å². The van der Waals surface area contributed by atoms with Crippen LogP contribution in [0.4, 0.5) is 0 Å². The molecule has 0 radical (unpaired) electrons. The molecule has 1 saturated heterocycles.